The third-order valence-corrected chi connectivity index (χ3v) is 0.831. The molecular formula is C9H13NaO4. The molecule has 14 heavy (non-hydrogen) atoms. The number of hydrogen-bond acceptors (Lipinski definition) is 3. The Morgan fingerprint density at radius 3 is 2.00 bits per heavy atom. The van der Waals surface area contributed by atoms with Crippen LogP contribution < -0.4 is 34.7 Å². The molecule has 5 heteroatoms. The Morgan fingerprint density at radius 2 is 1.79 bits per heavy atom. The molecule has 0 saturated carbocycles. The fourth-order valence-corrected chi connectivity index (χ4v) is 0.249. The number of hydrogen-bond donors (Lipinski definition) is 1. The largest absolute Gasteiger partial charge is 1.00 e. The molecule has 0 atom stereocenters. The quantitative estimate of drug-likeness (QED) is 0.312. The first-order valence-electron chi connectivity index (χ1n) is 3.76. The first-order chi connectivity index (χ1) is 6.04. The third-order valence-electron chi connectivity index (χ3n) is 0.831. The van der Waals surface area contributed by atoms with Gasteiger partial charge in [0.05, 0.1) is 0 Å². The second-order valence-electron chi connectivity index (χ2n) is 1.95. The SMILES string of the molecule is C/C=C/C=C/C(=O)O.CCC(=O)[O-].[Na+]. The zero-order valence-electron chi connectivity index (χ0n) is 8.69. The fourth-order valence-electron chi connectivity index (χ4n) is 0.249. The van der Waals surface area contributed by atoms with Crippen molar-refractivity contribution >= 4 is 11.9 Å². The molecule has 0 radical (unpaired) electrons. The first kappa shape index (κ1) is 19.1. The first-order valence-corrected chi connectivity index (χ1v) is 3.76. The Hall–Kier alpha value is -0.580. The number of carbonyl (C=O) groups excluding carboxylic acids is 1. The maximum Gasteiger partial charge on any atom is 1.00 e. The van der Waals surface area contributed by atoms with Crippen LogP contribution in [0.25, 0.3) is 0 Å². The Kier molecular flexibility index (Phi) is 20.3. The molecule has 0 fully saturated rings. The van der Waals surface area contributed by atoms with Crippen molar-refractivity contribution in [1.82, 2.24) is 0 Å². The summed E-state index contributed by atoms with van der Waals surface area (Å²) in [5, 5.41) is 17.3. The average Bonchev–Trinajstić information content (AvgIpc) is 2.05. The summed E-state index contributed by atoms with van der Waals surface area (Å²) in [6.07, 6.45) is 6.09. The van der Waals surface area contributed by atoms with Gasteiger partial charge in [0.2, 0.25) is 0 Å². The minimum absolute atomic E-state index is 0. The van der Waals surface area contributed by atoms with E-state index in [0.717, 1.165) is 6.08 Å². The van der Waals surface area contributed by atoms with Crippen molar-refractivity contribution in [3.8, 4) is 0 Å². The standard InChI is InChI=1S/C6H8O2.C3H6O2.Na/c1-2-3-4-5-6(7)8;1-2-3(4)5;/h2-5H,1H3,(H,7,8);2H2,1H3,(H,4,5);/q;;+1/p-1/b3-2+,5-4+;;. The van der Waals surface area contributed by atoms with E-state index < -0.39 is 11.9 Å². The van der Waals surface area contributed by atoms with Gasteiger partial charge in [-0.15, -0.1) is 0 Å². The van der Waals surface area contributed by atoms with Gasteiger partial charge in [-0.25, -0.2) is 4.79 Å². The van der Waals surface area contributed by atoms with Gasteiger partial charge in [-0.2, -0.15) is 0 Å². The van der Waals surface area contributed by atoms with Crippen LogP contribution in [0.1, 0.15) is 20.3 Å². The summed E-state index contributed by atoms with van der Waals surface area (Å²) < 4.78 is 0. The molecule has 74 valence electrons. The molecule has 0 aromatic rings. The van der Waals surface area contributed by atoms with E-state index in [-0.39, 0.29) is 36.0 Å². The van der Waals surface area contributed by atoms with E-state index in [1.54, 1.807) is 12.2 Å². The van der Waals surface area contributed by atoms with Crippen molar-refractivity contribution in [2.24, 2.45) is 0 Å². The van der Waals surface area contributed by atoms with Crippen LogP contribution in [0.5, 0.6) is 0 Å². The van der Waals surface area contributed by atoms with Crippen LogP contribution in [-0.4, -0.2) is 17.0 Å². The van der Waals surface area contributed by atoms with Crippen molar-refractivity contribution in [2.45, 2.75) is 20.3 Å². The molecule has 0 aliphatic rings. The summed E-state index contributed by atoms with van der Waals surface area (Å²) in [7, 11) is 0. The molecule has 4 nitrogen and oxygen atoms in total. The zero-order chi connectivity index (χ0) is 10.7. The number of rotatable bonds is 3. The van der Waals surface area contributed by atoms with Gasteiger partial charge in [0, 0.05) is 12.0 Å². The zero-order valence-corrected chi connectivity index (χ0v) is 10.7. The van der Waals surface area contributed by atoms with Crippen molar-refractivity contribution in [2.75, 3.05) is 0 Å². The van der Waals surface area contributed by atoms with Crippen LogP contribution in [0.3, 0.4) is 0 Å². The molecule has 0 spiro atoms. The molecule has 0 aromatic carbocycles. The van der Waals surface area contributed by atoms with Crippen LogP contribution in [0, 0.1) is 0 Å². The van der Waals surface area contributed by atoms with Gasteiger partial charge in [0.1, 0.15) is 0 Å². The molecule has 0 bridgehead atoms. The van der Waals surface area contributed by atoms with E-state index in [4.69, 9.17) is 5.11 Å². The van der Waals surface area contributed by atoms with E-state index in [9.17, 15) is 14.7 Å². The predicted molar refractivity (Wildman–Crippen MR) is 46.9 cm³/mol. The molecule has 0 saturated heterocycles. The Balaban J connectivity index is -0.000000177. The molecule has 0 unspecified atom stereocenters. The van der Waals surface area contributed by atoms with Crippen LogP contribution in [0.4, 0.5) is 0 Å². The molecule has 0 aliphatic carbocycles. The Morgan fingerprint density at radius 1 is 1.36 bits per heavy atom. The van der Waals surface area contributed by atoms with Gasteiger partial charge in [0.15, 0.2) is 0 Å². The third kappa shape index (κ3) is 30.1. The summed E-state index contributed by atoms with van der Waals surface area (Å²) in [4.78, 5) is 19.0. The fraction of sp³-hybridized carbons (Fsp3) is 0.333. The number of carbonyl (C=O) groups is 2. The molecule has 1 N–H and O–H groups in total. The molecule has 0 aromatic heterocycles. The second-order valence-corrected chi connectivity index (χ2v) is 1.95. The predicted octanol–water partition coefficient (Wildman–Crippen LogP) is -2.65. The minimum Gasteiger partial charge on any atom is -0.550 e. The molecule has 0 rings (SSSR count). The van der Waals surface area contributed by atoms with Gasteiger partial charge in [-0.1, -0.05) is 25.2 Å². The number of aliphatic carboxylic acids is 2. The van der Waals surface area contributed by atoms with Crippen LogP contribution in [-0.2, 0) is 9.59 Å². The topological polar surface area (TPSA) is 77.4 Å². The summed E-state index contributed by atoms with van der Waals surface area (Å²) in [5.41, 5.74) is 0. The molecule has 0 amide bonds. The number of carboxylic acids is 2. The second kappa shape index (κ2) is 14.9. The summed E-state index contributed by atoms with van der Waals surface area (Å²) in [5.74, 6) is -1.91. The van der Waals surface area contributed by atoms with E-state index in [0.29, 0.717) is 0 Å². The van der Waals surface area contributed by atoms with Gasteiger partial charge in [-0.05, 0) is 13.3 Å². The normalized spacial score (nSPS) is 9.00. The summed E-state index contributed by atoms with van der Waals surface area (Å²) in [6.45, 7) is 3.36. The van der Waals surface area contributed by atoms with Crippen molar-refractivity contribution in [3.05, 3.63) is 24.3 Å². The van der Waals surface area contributed by atoms with Crippen molar-refractivity contribution in [3.63, 3.8) is 0 Å². The molecule has 0 heterocycles. The number of carboxylic acid groups (broad SMARTS) is 2. The van der Waals surface area contributed by atoms with E-state index in [2.05, 4.69) is 0 Å². The van der Waals surface area contributed by atoms with Crippen molar-refractivity contribution < 1.29 is 49.4 Å². The number of allylic oxidation sites excluding steroid dienone is 3. The van der Waals surface area contributed by atoms with E-state index in [1.807, 2.05) is 6.92 Å². The van der Waals surface area contributed by atoms with Crippen LogP contribution in [0.15, 0.2) is 24.3 Å². The van der Waals surface area contributed by atoms with Crippen molar-refractivity contribution in [1.29, 1.82) is 0 Å². The summed E-state index contributed by atoms with van der Waals surface area (Å²) >= 11 is 0. The van der Waals surface area contributed by atoms with Gasteiger partial charge in [0.25, 0.3) is 0 Å². The maximum atomic E-state index is 9.75. The van der Waals surface area contributed by atoms with E-state index in [1.165, 1.54) is 13.0 Å². The molecular weight excluding hydrogens is 195 g/mol. The van der Waals surface area contributed by atoms with E-state index >= 15 is 0 Å². The minimum atomic E-state index is -0.995. The van der Waals surface area contributed by atoms with Gasteiger partial charge < -0.3 is 15.0 Å². The summed E-state index contributed by atoms with van der Waals surface area (Å²) in [6, 6.07) is 0. The van der Waals surface area contributed by atoms with Gasteiger partial charge >= 0.3 is 35.5 Å². The molecule has 0 aliphatic heterocycles. The maximum absolute atomic E-state index is 9.75. The Bertz CT molecular complexity index is 209. The van der Waals surface area contributed by atoms with Gasteiger partial charge in [-0.3, -0.25) is 0 Å². The smallest absolute Gasteiger partial charge is 0.550 e. The van der Waals surface area contributed by atoms with Crippen LogP contribution >= 0.6 is 0 Å². The van der Waals surface area contributed by atoms with Crippen LogP contribution in [0.2, 0.25) is 0 Å². The average molecular weight is 208 g/mol. The monoisotopic (exact) mass is 208 g/mol. The Labute approximate surface area is 106 Å².